The molecule has 0 spiro atoms. The molecule has 0 unspecified atom stereocenters. The molecule has 1 aromatic carbocycles. The number of benzene rings is 1. The van der Waals surface area contributed by atoms with Gasteiger partial charge in [0.25, 0.3) is 0 Å². The normalized spacial score (nSPS) is 17.4. The Morgan fingerprint density at radius 2 is 1.88 bits per heavy atom. The molecule has 1 fully saturated rings. The van der Waals surface area contributed by atoms with Gasteiger partial charge < -0.3 is 4.74 Å². The van der Waals surface area contributed by atoms with Gasteiger partial charge in [0.15, 0.2) is 0 Å². The molecule has 1 aromatic rings. The lowest BCUT2D eigenvalue weighted by atomic mass is 9.91. The predicted octanol–water partition coefficient (Wildman–Crippen LogP) is 2.54. The third-order valence-electron chi connectivity index (χ3n) is 2.46. The number of esters is 2. The van der Waals surface area contributed by atoms with Gasteiger partial charge in [0.2, 0.25) is 0 Å². The SMILES string of the molecule is O=C1CC(c2c(F)cccc2Br)CC(=O)O1. The monoisotopic (exact) mass is 286 g/mol. The number of carbonyl (C=O) groups excluding carboxylic acids is 2. The lowest BCUT2D eigenvalue weighted by Gasteiger charge is -2.21. The highest BCUT2D eigenvalue weighted by molar-refractivity contribution is 9.10. The molecule has 0 aromatic heterocycles. The van der Waals surface area contributed by atoms with E-state index < -0.39 is 23.7 Å². The molecule has 1 aliphatic rings. The first-order chi connectivity index (χ1) is 7.58. The maximum atomic E-state index is 13.6. The van der Waals surface area contributed by atoms with Crippen molar-refractivity contribution < 1.29 is 18.7 Å². The lowest BCUT2D eigenvalue weighted by molar-refractivity contribution is -0.163. The molecule has 0 saturated carbocycles. The maximum absolute atomic E-state index is 13.6. The average molecular weight is 287 g/mol. The van der Waals surface area contributed by atoms with Crippen LogP contribution in [0, 0.1) is 5.82 Å². The maximum Gasteiger partial charge on any atom is 0.314 e. The fourth-order valence-electron chi connectivity index (χ4n) is 1.79. The van der Waals surface area contributed by atoms with E-state index in [9.17, 15) is 14.0 Å². The molecule has 0 aliphatic carbocycles. The number of rotatable bonds is 1. The Morgan fingerprint density at radius 1 is 1.25 bits per heavy atom. The van der Waals surface area contributed by atoms with Gasteiger partial charge in [0, 0.05) is 16.0 Å². The Labute approximate surface area is 99.7 Å². The number of hydrogen-bond donors (Lipinski definition) is 0. The van der Waals surface area contributed by atoms with Gasteiger partial charge in [-0.3, -0.25) is 9.59 Å². The fourth-order valence-corrected chi connectivity index (χ4v) is 2.46. The summed E-state index contributed by atoms with van der Waals surface area (Å²) in [6.07, 6.45) is 0.0660. The molecule has 0 radical (unpaired) electrons. The number of carbonyl (C=O) groups is 2. The molecule has 1 heterocycles. The minimum atomic E-state index is -0.601. The van der Waals surface area contributed by atoms with E-state index in [0.29, 0.717) is 10.0 Å². The Bertz CT molecular complexity index is 422. The first-order valence-electron chi connectivity index (χ1n) is 4.75. The summed E-state index contributed by atoms with van der Waals surface area (Å²) in [5, 5.41) is 0. The van der Waals surface area contributed by atoms with Gasteiger partial charge in [-0.15, -0.1) is 0 Å². The van der Waals surface area contributed by atoms with Crippen LogP contribution in [0.4, 0.5) is 4.39 Å². The van der Waals surface area contributed by atoms with Crippen LogP contribution in [-0.2, 0) is 14.3 Å². The largest absolute Gasteiger partial charge is 0.393 e. The number of hydrogen-bond acceptors (Lipinski definition) is 3. The van der Waals surface area contributed by atoms with Crippen molar-refractivity contribution in [1.82, 2.24) is 0 Å². The number of cyclic esters (lactones) is 2. The van der Waals surface area contributed by atoms with Gasteiger partial charge in [0.05, 0.1) is 12.8 Å². The second kappa shape index (κ2) is 4.33. The molecule has 1 saturated heterocycles. The van der Waals surface area contributed by atoms with E-state index in [1.807, 2.05) is 0 Å². The summed E-state index contributed by atoms with van der Waals surface area (Å²) in [6, 6.07) is 4.55. The Kier molecular flexibility index (Phi) is 3.05. The van der Waals surface area contributed by atoms with Crippen molar-refractivity contribution in [2.24, 2.45) is 0 Å². The van der Waals surface area contributed by atoms with Crippen LogP contribution in [0.15, 0.2) is 22.7 Å². The van der Waals surface area contributed by atoms with Crippen molar-refractivity contribution in [1.29, 1.82) is 0 Å². The number of halogens is 2. The topological polar surface area (TPSA) is 43.4 Å². The summed E-state index contributed by atoms with van der Waals surface area (Å²) >= 11 is 3.22. The van der Waals surface area contributed by atoms with Crippen molar-refractivity contribution in [3.05, 3.63) is 34.1 Å². The molecule has 84 valence electrons. The van der Waals surface area contributed by atoms with Crippen LogP contribution >= 0.6 is 15.9 Å². The van der Waals surface area contributed by atoms with Gasteiger partial charge >= 0.3 is 11.9 Å². The first-order valence-corrected chi connectivity index (χ1v) is 5.54. The molecule has 5 heteroatoms. The molecule has 0 bridgehead atoms. The van der Waals surface area contributed by atoms with E-state index in [4.69, 9.17) is 0 Å². The minimum absolute atomic E-state index is 0.0330. The summed E-state index contributed by atoms with van der Waals surface area (Å²) < 4.78 is 18.6. The predicted molar refractivity (Wildman–Crippen MR) is 57.2 cm³/mol. The molecule has 0 amide bonds. The highest BCUT2D eigenvalue weighted by Crippen LogP contribution is 2.34. The van der Waals surface area contributed by atoms with Crippen LogP contribution in [-0.4, -0.2) is 11.9 Å². The summed E-state index contributed by atoms with van der Waals surface area (Å²) in [5.74, 6) is -2.06. The van der Waals surface area contributed by atoms with Crippen molar-refractivity contribution in [3.8, 4) is 0 Å². The first kappa shape index (κ1) is 11.3. The zero-order chi connectivity index (χ0) is 11.7. The highest BCUT2D eigenvalue weighted by Gasteiger charge is 2.31. The van der Waals surface area contributed by atoms with Crippen molar-refractivity contribution in [3.63, 3.8) is 0 Å². The van der Waals surface area contributed by atoms with Crippen LogP contribution in [0.5, 0.6) is 0 Å². The fraction of sp³-hybridized carbons (Fsp3) is 0.273. The van der Waals surface area contributed by atoms with E-state index >= 15 is 0 Å². The molecule has 3 nitrogen and oxygen atoms in total. The van der Waals surface area contributed by atoms with Crippen molar-refractivity contribution in [2.45, 2.75) is 18.8 Å². The Morgan fingerprint density at radius 3 is 2.44 bits per heavy atom. The third-order valence-corrected chi connectivity index (χ3v) is 3.15. The highest BCUT2D eigenvalue weighted by atomic mass is 79.9. The van der Waals surface area contributed by atoms with E-state index in [2.05, 4.69) is 20.7 Å². The standard InChI is InChI=1S/C11H8BrFO3/c12-7-2-1-3-8(13)11(7)6-4-9(14)16-10(15)5-6/h1-3,6H,4-5H2. The van der Waals surface area contributed by atoms with Gasteiger partial charge in [-0.05, 0) is 12.1 Å². The number of ether oxygens (including phenoxy) is 1. The van der Waals surface area contributed by atoms with Gasteiger partial charge in [-0.2, -0.15) is 0 Å². The zero-order valence-electron chi connectivity index (χ0n) is 8.20. The second-order valence-electron chi connectivity index (χ2n) is 3.59. The van der Waals surface area contributed by atoms with E-state index in [1.54, 1.807) is 12.1 Å². The van der Waals surface area contributed by atoms with Gasteiger partial charge in [-0.1, -0.05) is 22.0 Å². The van der Waals surface area contributed by atoms with Crippen LogP contribution in [0.1, 0.15) is 24.3 Å². The van der Waals surface area contributed by atoms with Crippen LogP contribution < -0.4 is 0 Å². The van der Waals surface area contributed by atoms with Crippen LogP contribution in [0.25, 0.3) is 0 Å². The van der Waals surface area contributed by atoms with Gasteiger partial charge in [-0.25, -0.2) is 4.39 Å². The Balaban J connectivity index is 2.36. The van der Waals surface area contributed by atoms with Crippen LogP contribution in [0.3, 0.4) is 0 Å². The molecule has 0 atom stereocenters. The average Bonchev–Trinajstić information content (AvgIpc) is 2.15. The lowest BCUT2D eigenvalue weighted by Crippen LogP contribution is -2.25. The minimum Gasteiger partial charge on any atom is -0.393 e. The molecular weight excluding hydrogens is 279 g/mol. The molecule has 0 N–H and O–H groups in total. The summed E-state index contributed by atoms with van der Waals surface area (Å²) in [7, 11) is 0. The van der Waals surface area contributed by atoms with Crippen molar-refractivity contribution >= 4 is 27.9 Å². The van der Waals surface area contributed by atoms with E-state index in [1.165, 1.54) is 6.07 Å². The van der Waals surface area contributed by atoms with E-state index in [0.717, 1.165) is 0 Å². The molecule has 16 heavy (non-hydrogen) atoms. The zero-order valence-corrected chi connectivity index (χ0v) is 9.79. The molecular formula is C11H8BrFO3. The molecule has 2 rings (SSSR count). The van der Waals surface area contributed by atoms with Crippen LogP contribution in [0.2, 0.25) is 0 Å². The quantitative estimate of drug-likeness (QED) is 0.589. The summed E-state index contributed by atoms with van der Waals surface area (Å²) in [6.45, 7) is 0. The van der Waals surface area contributed by atoms with E-state index in [-0.39, 0.29) is 12.8 Å². The van der Waals surface area contributed by atoms with Gasteiger partial charge in [0.1, 0.15) is 5.82 Å². The Hall–Kier alpha value is -1.23. The second-order valence-corrected chi connectivity index (χ2v) is 4.44. The summed E-state index contributed by atoms with van der Waals surface area (Å²) in [4.78, 5) is 22.2. The third kappa shape index (κ3) is 2.14. The molecule has 1 aliphatic heterocycles. The smallest absolute Gasteiger partial charge is 0.314 e. The van der Waals surface area contributed by atoms with Crippen molar-refractivity contribution in [2.75, 3.05) is 0 Å². The summed E-state index contributed by atoms with van der Waals surface area (Å²) in [5.41, 5.74) is 0.368.